The lowest BCUT2D eigenvalue weighted by molar-refractivity contribution is -0.0497. The number of hydrogen-bond donors (Lipinski definition) is 0. The van der Waals surface area contributed by atoms with Crippen LogP contribution in [0, 0.1) is 5.82 Å². The molecule has 0 spiro atoms. The first kappa shape index (κ1) is 17.8. The van der Waals surface area contributed by atoms with Crippen LogP contribution in [0.25, 0.3) is 10.9 Å². The Hall–Kier alpha value is -2.03. The molecule has 0 atom stereocenters. The summed E-state index contributed by atoms with van der Waals surface area (Å²) in [4.78, 5) is 24.6. The summed E-state index contributed by atoms with van der Waals surface area (Å²) in [6.45, 7) is -1.55. The van der Waals surface area contributed by atoms with Gasteiger partial charge >= 0.3 is 12.6 Å². The predicted molar refractivity (Wildman–Crippen MR) is 86.7 cm³/mol. The number of alkyl halides is 2. The molecule has 9 heteroatoms. The number of carbonyl (C=O) groups excluding carboxylic acids is 1. The van der Waals surface area contributed by atoms with Crippen LogP contribution in [0.2, 0.25) is 0 Å². The number of benzene rings is 1. The first-order valence-corrected chi connectivity index (χ1v) is 8.33. The Balaban J connectivity index is 2.37. The molecular formula is C16H13BrF3NO4. The van der Waals surface area contributed by atoms with Crippen LogP contribution in [0.5, 0.6) is 5.75 Å². The molecule has 1 heterocycles. The zero-order chi connectivity index (χ0) is 18.3. The molecule has 0 saturated heterocycles. The van der Waals surface area contributed by atoms with Crippen LogP contribution in [0.3, 0.4) is 0 Å². The molecule has 1 fully saturated rings. The molecule has 2 aromatic rings. The van der Waals surface area contributed by atoms with Crippen LogP contribution >= 0.6 is 15.9 Å². The summed E-state index contributed by atoms with van der Waals surface area (Å²) in [6, 6.07) is 0.815. The zero-order valence-electron chi connectivity index (χ0n) is 13.0. The van der Waals surface area contributed by atoms with E-state index in [9.17, 15) is 22.8 Å². The molecule has 1 saturated carbocycles. The van der Waals surface area contributed by atoms with E-state index < -0.39 is 29.6 Å². The van der Waals surface area contributed by atoms with E-state index in [0.717, 1.165) is 18.9 Å². The second-order valence-corrected chi connectivity index (χ2v) is 6.30. The third-order valence-corrected chi connectivity index (χ3v) is 4.55. The van der Waals surface area contributed by atoms with Gasteiger partial charge in [0.1, 0.15) is 11.4 Å². The van der Waals surface area contributed by atoms with E-state index in [1.54, 1.807) is 6.92 Å². The van der Waals surface area contributed by atoms with Crippen molar-refractivity contribution in [3.8, 4) is 5.75 Å². The van der Waals surface area contributed by atoms with Crippen LogP contribution < -0.4 is 10.2 Å². The molecule has 0 bridgehead atoms. The number of ether oxygens (including phenoxy) is 2. The van der Waals surface area contributed by atoms with E-state index in [4.69, 9.17) is 4.74 Å². The molecule has 3 rings (SSSR count). The number of pyridine rings is 1. The Morgan fingerprint density at radius 1 is 1.44 bits per heavy atom. The molecule has 1 aliphatic rings. The second kappa shape index (κ2) is 6.70. The van der Waals surface area contributed by atoms with Gasteiger partial charge in [0.25, 0.3) is 0 Å². The Labute approximate surface area is 148 Å². The topological polar surface area (TPSA) is 57.5 Å². The lowest BCUT2D eigenvalue weighted by Crippen LogP contribution is -2.21. The maximum absolute atomic E-state index is 14.1. The Morgan fingerprint density at radius 2 is 2.12 bits per heavy atom. The first-order valence-electron chi connectivity index (χ1n) is 7.53. The van der Waals surface area contributed by atoms with Crippen LogP contribution in [-0.4, -0.2) is 23.8 Å². The Kier molecular flexibility index (Phi) is 4.77. The third kappa shape index (κ3) is 3.24. The van der Waals surface area contributed by atoms with Crippen molar-refractivity contribution in [3.63, 3.8) is 0 Å². The minimum atomic E-state index is -3.20. The summed E-state index contributed by atoms with van der Waals surface area (Å²) in [5.41, 5.74) is -1.05. The molecule has 1 aromatic heterocycles. The molecule has 0 amide bonds. The van der Waals surface area contributed by atoms with E-state index >= 15 is 0 Å². The van der Waals surface area contributed by atoms with Gasteiger partial charge in [-0.2, -0.15) is 8.78 Å². The highest BCUT2D eigenvalue weighted by atomic mass is 79.9. The number of fused-ring (bicyclic) bond motifs is 1. The van der Waals surface area contributed by atoms with Crippen LogP contribution in [0.1, 0.15) is 36.2 Å². The van der Waals surface area contributed by atoms with E-state index in [0.29, 0.717) is 0 Å². The van der Waals surface area contributed by atoms with Gasteiger partial charge in [-0.05, 0) is 41.8 Å². The average molecular weight is 420 g/mol. The highest BCUT2D eigenvalue weighted by Gasteiger charge is 2.30. The predicted octanol–water partition coefficient (Wildman–Crippen LogP) is 4.02. The van der Waals surface area contributed by atoms with Crippen molar-refractivity contribution in [1.29, 1.82) is 0 Å². The third-order valence-electron chi connectivity index (χ3n) is 3.81. The van der Waals surface area contributed by atoms with Crippen molar-refractivity contribution < 1.29 is 27.4 Å². The fraction of sp³-hybridized carbons (Fsp3) is 0.375. The van der Waals surface area contributed by atoms with E-state index in [1.807, 2.05) is 0 Å². The number of esters is 1. The molecule has 0 unspecified atom stereocenters. The summed E-state index contributed by atoms with van der Waals surface area (Å²) in [5, 5.41) is -0.214. The van der Waals surface area contributed by atoms with Gasteiger partial charge in [0.2, 0.25) is 5.43 Å². The Bertz CT molecular complexity index is 909. The van der Waals surface area contributed by atoms with E-state index in [2.05, 4.69) is 20.7 Å². The number of hydrogen-bond acceptors (Lipinski definition) is 4. The lowest BCUT2D eigenvalue weighted by Gasteiger charge is -2.17. The summed E-state index contributed by atoms with van der Waals surface area (Å²) in [7, 11) is 0. The van der Waals surface area contributed by atoms with E-state index in [1.165, 1.54) is 10.8 Å². The molecule has 5 nitrogen and oxygen atoms in total. The number of halogens is 4. The fourth-order valence-corrected chi connectivity index (χ4v) is 3.02. The molecular weight excluding hydrogens is 407 g/mol. The SMILES string of the molecule is CCOC(=O)c1cn(C2CC2)c2c(OC(F)F)c(Br)c(F)cc2c1=O. The highest BCUT2D eigenvalue weighted by molar-refractivity contribution is 9.10. The second-order valence-electron chi connectivity index (χ2n) is 5.51. The maximum Gasteiger partial charge on any atom is 0.387 e. The van der Waals surface area contributed by atoms with Crippen molar-refractivity contribution in [1.82, 2.24) is 4.57 Å². The molecule has 1 aromatic carbocycles. The van der Waals surface area contributed by atoms with Crippen LogP contribution in [0.15, 0.2) is 21.5 Å². The smallest absolute Gasteiger partial charge is 0.387 e. The van der Waals surface area contributed by atoms with Crippen molar-refractivity contribution in [3.05, 3.63) is 38.3 Å². The molecule has 134 valence electrons. The van der Waals surface area contributed by atoms with Gasteiger partial charge in [-0.3, -0.25) is 4.79 Å². The van der Waals surface area contributed by atoms with Crippen molar-refractivity contribution in [2.75, 3.05) is 6.61 Å². The van der Waals surface area contributed by atoms with Crippen LogP contribution in [-0.2, 0) is 4.74 Å². The normalized spacial score (nSPS) is 14.2. The standard InChI is InChI=1S/C16H13BrF3NO4/c1-2-24-15(23)9-6-21(7-3-4-7)12-8(13(9)22)5-10(18)11(17)14(12)25-16(19)20/h5-7,16H,2-4H2,1H3. The van der Waals surface area contributed by atoms with Crippen LogP contribution in [0.4, 0.5) is 13.2 Å². The lowest BCUT2D eigenvalue weighted by atomic mass is 10.1. The fourth-order valence-electron chi connectivity index (χ4n) is 2.62. The number of aromatic nitrogens is 1. The van der Waals surface area contributed by atoms with E-state index in [-0.39, 0.29) is 33.6 Å². The Morgan fingerprint density at radius 3 is 2.68 bits per heavy atom. The van der Waals surface area contributed by atoms with Crippen molar-refractivity contribution >= 4 is 32.8 Å². The average Bonchev–Trinajstić information content (AvgIpc) is 3.37. The number of carbonyl (C=O) groups is 1. The van der Waals surface area contributed by atoms with Crippen molar-refractivity contribution in [2.45, 2.75) is 32.4 Å². The number of rotatable bonds is 5. The number of nitrogens with zero attached hydrogens (tertiary/aromatic N) is 1. The molecule has 1 aliphatic carbocycles. The van der Waals surface area contributed by atoms with Gasteiger partial charge < -0.3 is 14.0 Å². The maximum atomic E-state index is 14.1. The molecule has 25 heavy (non-hydrogen) atoms. The summed E-state index contributed by atoms with van der Waals surface area (Å²) < 4.78 is 50.2. The molecule has 0 N–H and O–H groups in total. The van der Waals surface area contributed by atoms with Crippen molar-refractivity contribution in [2.24, 2.45) is 0 Å². The first-order chi connectivity index (χ1) is 11.8. The van der Waals surface area contributed by atoms with Gasteiger partial charge in [-0.1, -0.05) is 0 Å². The van der Waals surface area contributed by atoms with Gasteiger partial charge in [0.15, 0.2) is 5.75 Å². The molecule has 0 radical (unpaired) electrons. The largest absolute Gasteiger partial charge is 0.462 e. The minimum absolute atomic E-state index is 0.0223. The zero-order valence-corrected chi connectivity index (χ0v) is 14.6. The summed E-state index contributed by atoms with van der Waals surface area (Å²) >= 11 is 2.89. The molecule has 0 aliphatic heterocycles. The highest BCUT2D eigenvalue weighted by Crippen LogP contribution is 2.42. The quantitative estimate of drug-likeness (QED) is 0.686. The monoisotopic (exact) mass is 419 g/mol. The summed E-state index contributed by atoms with van der Waals surface area (Å²) in [6.07, 6.45) is 2.75. The van der Waals surface area contributed by atoms with Gasteiger partial charge in [-0.15, -0.1) is 0 Å². The van der Waals surface area contributed by atoms with Gasteiger partial charge in [-0.25, -0.2) is 9.18 Å². The summed E-state index contributed by atoms with van der Waals surface area (Å²) in [5.74, 6) is -2.25. The minimum Gasteiger partial charge on any atom is -0.462 e. The van der Waals surface area contributed by atoms with Gasteiger partial charge in [0.05, 0.1) is 22.0 Å². The van der Waals surface area contributed by atoms with Gasteiger partial charge in [0, 0.05) is 12.2 Å².